The molecular weight excluding hydrogens is 994 g/mol. The minimum absolute atomic E-state index is 0.0220. The highest BCUT2D eigenvalue weighted by Gasteiger charge is 2.44. The van der Waals surface area contributed by atoms with Crippen molar-refractivity contribution in [3.63, 3.8) is 0 Å². The Bertz CT molecular complexity index is 3220. The Morgan fingerprint density at radius 1 is 0.847 bits per heavy atom. The van der Waals surface area contributed by atoms with Crippen LogP contribution in [0.3, 0.4) is 0 Å². The number of carboxylic acid groups (broad SMARTS) is 1. The van der Waals surface area contributed by atoms with Gasteiger partial charge in [-0.2, -0.15) is 15.5 Å². The summed E-state index contributed by atoms with van der Waals surface area (Å²) in [5, 5.41) is 31.7. The molecule has 4 aromatic heterocycles. The van der Waals surface area contributed by atoms with E-state index < -0.39 is 18.1 Å². The second kappa shape index (κ2) is 20.4. The number of hydrogen-bond acceptors (Lipinski definition) is 11. The van der Waals surface area contributed by atoms with Crippen molar-refractivity contribution in [1.82, 2.24) is 49.3 Å². The Labute approximate surface area is 438 Å². The maximum Gasteiger partial charge on any atom is 0.304 e. The van der Waals surface area contributed by atoms with E-state index in [1.54, 1.807) is 29.1 Å². The quantitative estimate of drug-likeness (QED) is 0.111. The number of benzene rings is 2. The van der Waals surface area contributed by atoms with Gasteiger partial charge in [0.25, 0.3) is 0 Å². The van der Waals surface area contributed by atoms with Gasteiger partial charge in [0.1, 0.15) is 17.1 Å². The number of nitriles is 1. The van der Waals surface area contributed by atoms with E-state index in [9.17, 15) is 20.0 Å². The van der Waals surface area contributed by atoms with Crippen LogP contribution in [0.15, 0.2) is 60.9 Å². The molecule has 374 valence electrons. The Hall–Kier alpha value is -5.47. The number of nitrogens with zero attached hydrogens (tertiary/aromatic N) is 11. The molecule has 2 aliphatic heterocycles. The normalized spacial score (nSPS) is 24.8. The lowest BCUT2D eigenvalue weighted by atomic mass is 9.83. The Balaban J connectivity index is 0.924. The van der Waals surface area contributed by atoms with Crippen molar-refractivity contribution in [1.29, 1.82) is 5.26 Å². The topological polar surface area (TPSA) is 198 Å². The van der Waals surface area contributed by atoms with Gasteiger partial charge in [0.15, 0.2) is 17.0 Å². The number of carbonyl (C=O) groups excluding carboxylic acids is 1. The minimum atomic E-state index is -0.763. The van der Waals surface area contributed by atoms with Crippen molar-refractivity contribution in [2.24, 2.45) is 23.5 Å². The summed E-state index contributed by atoms with van der Waals surface area (Å²) in [6, 6.07) is 12.2. The number of aliphatic carboxylic acids is 1. The molecule has 6 aromatic rings. The van der Waals surface area contributed by atoms with Crippen LogP contribution in [-0.2, 0) is 9.59 Å². The van der Waals surface area contributed by atoms with Crippen LogP contribution in [0.2, 0.25) is 20.1 Å². The van der Waals surface area contributed by atoms with Crippen molar-refractivity contribution in [3.05, 3.63) is 115 Å². The molecule has 0 spiro atoms. The molecule has 15 nitrogen and oxygen atoms in total. The number of likely N-dealkylation sites (tertiary alicyclic amines) is 2. The Kier molecular flexibility index (Phi) is 14.2. The summed E-state index contributed by atoms with van der Waals surface area (Å²) in [6.07, 6.45) is 13.9. The van der Waals surface area contributed by atoms with Crippen LogP contribution in [0.25, 0.3) is 33.5 Å². The van der Waals surface area contributed by atoms with Gasteiger partial charge in [-0.25, -0.2) is 29.3 Å². The zero-order valence-corrected chi connectivity index (χ0v) is 43.5. The Morgan fingerprint density at radius 3 is 2.03 bits per heavy atom. The molecule has 3 N–H and O–H groups in total. The minimum Gasteiger partial charge on any atom is -0.481 e. The summed E-state index contributed by atoms with van der Waals surface area (Å²) in [6.45, 7) is 9.88. The monoisotopic (exact) mass is 1050 g/mol. The SMILES string of the molecule is Cc1nn(C(C)c2ccc(Cl)cc2Cl)c2nc(C3=CCC(N4CC(CC(c5ccc(Cl)cc5Cl)n5nc(C#N)c6ncc(C7=CCC(N8CCCC8CC(=O)O)C(C)C7)nc65)CC4C(N)=O)C(C)C3)cnc12. The number of aromatic nitrogens is 8. The Morgan fingerprint density at radius 2 is 1.44 bits per heavy atom. The first-order valence-electron chi connectivity index (χ1n) is 24.7. The summed E-state index contributed by atoms with van der Waals surface area (Å²) in [4.78, 5) is 49.8. The van der Waals surface area contributed by atoms with Crippen LogP contribution in [0.1, 0.15) is 125 Å². The fourth-order valence-electron chi connectivity index (χ4n) is 12.2. The van der Waals surface area contributed by atoms with Crippen LogP contribution in [0, 0.1) is 36.0 Å². The predicted octanol–water partition coefficient (Wildman–Crippen LogP) is 10.5. The van der Waals surface area contributed by atoms with Gasteiger partial charge in [-0.3, -0.25) is 19.4 Å². The largest absolute Gasteiger partial charge is 0.481 e. The van der Waals surface area contributed by atoms with Crippen molar-refractivity contribution in [2.45, 2.75) is 122 Å². The number of fused-ring (bicyclic) bond motifs is 2. The van der Waals surface area contributed by atoms with Gasteiger partial charge in [0.05, 0.1) is 54.0 Å². The fraction of sp³-hybridized carbons (Fsp3) is 0.453. The first kappa shape index (κ1) is 50.1. The molecule has 10 rings (SSSR count). The van der Waals surface area contributed by atoms with E-state index in [0.29, 0.717) is 74.8 Å². The number of carbonyl (C=O) groups is 2. The van der Waals surface area contributed by atoms with Crippen molar-refractivity contribution in [3.8, 4) is 6.07 Å². The highest BCUT2D eigenvalue weighted by Crippen LogP contribution is 2.43. The summed E-state index contributed by atoms with van der Waals surface area (Å²) >= 11 is 26.4. The van der Waals surface area contributed by atoms with Gasteiger partial charge in [0.2, 0.25) is 5.91 Å². The molecular formula is C53H56Cl4N12O3. The van der Waals surface area contributed by atoms with Gasteiger partial charge < -0.3 is 10.8 Å². The van der Waals surface area contributed by atoms with Crippen LogP contribution in [0.5, 0.6) is 0 Å². The van der Waals surface area contributed by atoms with Gasteiger partial charge in [-0.15, -0.1) is 0 Å². The molecule has 2 fully saturated rings. The average Bonchev–Trinajstić information content (AvgIpc) is 4.15. The molecule has 9 atom stereocenters. The van der Waals surface area contributed by atoms with E-state index in [2.05, 4.69) is 41.9 Å². The van der Waals surface area contributed by atoms with E-state index in [1.807, 2.05) is 42.9 Å². The fourth-order valence-corrected chi connectivity index (χ4v) is 13.3. The molecule has 1 amide bonds. The van der Waals surface area contributed by atoms with E-state index in [1.165, 1.54) is 0 Å². The van der Waals surface area contributed by atoms with Crippen molar-refractivity contribution >= 4 is 91.8 Å². The van der Waals surface area contributed by atoms with E-state index in [4.69, 9.17) is 82.3 Å². The van der Waals surface area contributed by atoms with Crippen LogP contribution in [-0.4, -0.2) is 104 Å². The smallest absolute Gasteiger partial charge is 0.304 e. The van der Waals surface area contributed by atoms with Crippen LogP contribution in [0.4, 0.5) is 0 Å². The van der Waals surface area contributed by atoms with Gasteiger partial charge in [0, 0.05) is 44.8 Å². The summed E-state index contributed by atoms with van der Waals surface area (Å²) in [7, 11) is 0. The molecule has 0 radical (unpaired) electrons. The molecule has 2 aliphatic carbocycles. The van der Waals surface area contributed by atoms with Crippen LogP contribution < -0.4 is 5.73 Å². The molecule has 6 heterocycles. The third kappa shape index (κ3) is 9.62. The van der Waals surface area contributed by atoms with Gasteiger partial charge >= 0.3 is 5.97 Å². The zero-order chi connectivity index (χ0) is 50.7. The van der Waals surface area contributed by atoms with E-state index >= 15 is 0 Å². The number of aryl methyl sites for hydroxylation is 1. The molecule has 9 unspecified atom stereocenters. The van der Waals surface area contributed by atoms with Gasteiger partial charge in [-0.1, -0.05) is 84.5 Å². The third-order valence-corrected chi connectivity index (χ3v) is 16.9. The van der Waals surface area contributed by atoms with Crippen molar-refractivity contribution in [2.75, 3.05) is 13.1 Å². The molecule has 4 aliphatic rings. The number of halogens is 4. The van der Waals surface area contributed by atoms with Crippen molar-refractivity contribution < 1.29 is 14.7 Å². The standard InChI is InChI=1S/C53H56Cl4N12O3/c1-27-16-32(7-13-44(27)66-15-5-6-36(66)22-48(70)71)43-25-61-50-41(23-58)65-69(53(50)63-43)46(38-12-10-35(55)21-40(38)57)18-31-19-47(51(59)72)67(26-31)45-14-8-33(17-28(45)2)42-24-60-49-29(3)64-68(52(49)62-42)30(4)37-11-9-34(54)20-39(37)56/h7-12,20-21,24-25,27-28,30-31,36,44-47H,5-6,13-19,22,26H2,1-4H3,(H2,59,72)(H,70,71). The van der Waals surface area contributed by atoms with E-state index in [-0.39, 0.29) is 59.9 Å². The predicted molar refractivity (Wildman–Crippen MR) is 280 cm³/mol. The summed E-state index contributed by atoms with van der Waals surface area (Å²) in [5.74, 6) is -0.774. The first-order valence-corrected chi connectivity index (χ1v) is 26.3. The average molecular weight is 1050 g/mol. The molecule has 19 heteroatoms. The molecule has 0 saturated carbocycles. The van der Waals surface area contributed by atoms with Gasteiger partial charge in [-0.05, 0) is 136 Å². The molecule has 2 saturated heterocycles. The second-order valence-electron chi connectivity index (χ2n) is 20.3. The third-order valence-electron chi connectivity index (χ3n) is 15.7. The number of primary amides is 1. The second-order valence-corrected chi connectivity index (χ2v) is 22.0. The molecule has 0 bridgehead atoms. The zero-order valence-electron chi connectivity index (χ0n) is 40.5. The number of nitrogens with two attached hydrogens (primary N) is 1. The highest BCUT2D eigenvalue weighted by molar-refractivity contribution is 6.35. The lowest BCUT2D eigenvalue weighted by Gasteiger charge is -2.38. The lowest BCUT2D eigenvalue weighted by Crippen LogP contribution is -2.49. The van der Waals surface area contributed by atoms with E-state index in [0.717, 1.165) is 71.4 Å². The first-order chi connectivity index (χ1) is 34.6. The highest BCUT2D eigenvalue weighted by atomic mass is 35.5. The number of carboxylic acids is 1. The summed E-state index contributed by atoms with van der Waals surface area (Å²) < 4.78 is 3.66. The molecule has 2 aromatic carbocycles. The lowest BCUT2D eigenvalue weighted by molar-refractivity contribution is -0.138. The number of hydrogen-bond donors (Lipinski definition) is 2. The summed E-state index contributed by atoms with van der Waals surface area (Å²) in [5.41, 5.74) is 14.6. The molecule has 72 heavy (non-hydrogen) atoms. The number of allylic oxidation sites excluding steroid dienone is 2. The number of rotatable bonds is 13. The number of amides is 1. The van der Waals surface area contributed by atoms with Crippen LogP contribution >= 0.6 is 46.4 Å². The maximum atomic E-state index is 13.4. The maximum absolute atomic E-state index is 13.4.